The summed E-state index contributed by atoms with van der Waals surface area (Å²) in [7, 11) is 2.86. The van der Waals surface area contributed by atoms with E-state index >= 15 is 0 Å². The maximum atomic E-state index is 11.4. The van der Waals surface area contributed by atoms with E-state index < -0.39 is 10.7 Å². The Morgan fingerprint density at radius 1 is 1.33 bits per heavy atom. The molecule has 1 rings (SSSR count). The van der Waals surface area contributed by atoms with E-state index in [2.05, 4.69) is 22.6 Å². The average Bonchev–Trinajstić information content (AvgIpc) is 2.36. The number of thiol groups is 1. The summed E-state index contributed by atoms with van der Waals surface area (Å²) in [4.78, 5) is 19.5. The second-order valence-corrected chi connectivity index (χ2v) is 4.71. The molecule has 100 valence electrons. The molecule has 0 fully saturated rings. The molecule has 0 radical (unpaired) electrons. The Labute approximate surface area is 111 Å². The molecule has 0 spiro atoms. The van der Waals surface area contributed by atoms with Crippen molar-refractivity contribution in [3.63, 3.8) is 0 Å². The molecule has 0 amide bonds. The van der Waals surface area contributed by atoms with Crippen LogP contribution in [0.5, 0.6) is 11.8 Å². The van der Waals surface area contributed by atoms with Crippen molar-refractivity contribution in [1.29, 1.82) is 0 Å². The molecule has 0 saturated carbocycles. The van der Waals surface area contributed by atoms with Crippen molar-refractivity contribution >= 4 is 18.6 Å². The number of hydrogen-bond donors (Lipinski definition) is 2. The van der Waals surface area contributed by atoms with Gasteiger partial charge >= 0.3 is 5.97 Å². The van der Waals surface area contributed by atoms with E-state index in [1.54, 1.807) is 13.8 Å². The van der Waals surface area contributed by atoms with Crippen LogP contribution in [0.4, 0.5) is 0 Å². The largest absolute Gasteiger partial charge is 0.481 e. The summed E-state index contributed by atoms with van der Waals surface area (Å²) in [5.41, 5.74) is 0. The topological polar surface area (TPSA) is 81.5 Å². The molecule has 1 unspecified atom stereocenters. The van der Waals surface area contributed by atoms with Crippen LogP contribution in [0.15, 0.2) is 6.07 Å². The van der Waals surface area contributed by atoms with Crippen LogP contribution >= 0.6 is 12.6 Å². The number of carbonyl (C=O) groups is 1. The number of aliphatic carboxylic acids is 1. The van der Waals surface area contributed by atoms with Gasteiger partial charge in [0.2, 0.25) is 11.8 Å². The monoisotopic (exact) mass is 272 g/mol. The number of hydrogen-bond acceptors (Lipinski definition) is 6. The van der Waals surface area contributed by atoms with Crippen molar-refractivity contribution in [2.45, 2.75) is 18.6 Å². The third kappa shape index (κ3) is 2.50. The van der Waals surface area contributed by atoms with E-state index in [0.29, 0.717) is 0 Å². The van der Waals surface area contributed by atoms with Crippen LogP contribution in [0.3, 0.4) is 0 Å². The second-order valence-electron chi connectivity index (χ2n) is 4.00. The fourth-order valence-corrected chi connectivity index (χ4v) is 1.48. The van der Waals surface area contributed by atoms with Gasteiger partial charge in [-0.15, -0.1) is 0 Å². The standard InChI is InChI=1S/C11H16N2O4S/c1-6(2)11(18,10(14)15)9-12-7(16-3)5-8(13-9)17-4/h5-6,18H,1-4H3,(H,14,15). The van der Waals surface area contributed by atoms with Gasteiger partial charge in [0.05, 0.1) is 20.3 Å². The predicted molar refractivity (Wildman–Crippen MR) is 68.3 cm³/mol. The first-order valence-electron chi connectivity index (χ1n) is 5.29. The fraction of sp³-hybridized carbons (Fsp3) is 0.545. The summed E-state index contributed by atoms with van der Waals surface area (Å²) in [6.07, 6.45) is 0. The zero-order valence-electron chi connectivity index (χ0n) is 10.7. The number of nitrogens with zero attached hydrogens (tertiary/aromatic N) is 2. The van der Waals surface area contributed by atoms with E-state index in [-0.39, 0.29) is 23.5 Å². The van der Waals surface area contributed by atoms with Gasteiger partial charge in [-0.2, -0.15) is 22.6 Å². The zero-order valence-corrected chi connectivity index (χ0v) is 11.6. The minimum atomic E-state index is -1.50. The van der Waals surface area contributed by atoms with E-state index in [4.69, 9.17) is 9.47 Å². The average molecular weight is 272 g/mol. The van der Waals surface area contributed by atoms with Crippen LogP contribution in [-0.4, -0.2) is 35.3 Å². The number of aromatic nitrogens is 2. The van der Waals surface area contributed by atoms with Gasteiger partial charge in [0.25, 0.3) is 0 Å². The lowest BCUT2D eigenvalue weighted by Crippen LogP contribution is -2.37. The minimum absolute atomic E-state index is 0.0459. The van der Waals surface area contributed by atoms with Crippen molar-refractivity contribution in [1.82, 2.24) is 9.97 Å². The summed E-state index contributed by atoms with van der Waals surface area (Å²) in [6, 6.07) is 1.47. The lowest BCUT2D eigenvalue weighted by Gasteiger charge is -2.26. The van der Waals surface area contributed by atoms with Gasteiger partial charge in [-0.05, 0) is 5.92 Å². The van der Waals surface area contributed by atoms with Gasteiger partial charge in [-0.1, -0.05) is 13.8 Å². The van der Waals surface area contributed by atoms with Crippen LogP contribution in [0.25, 0.3) is 0 Å². The summed E-state index contributed by atoms with van der Waals surface area (Å²) in [5, 5.41) is 9.35. The molecule has 0 aromatic carbocycles. The minimum Gasteiger partial charge on any atom is -0.481 e. The molecule has 1 heterocycles. The van der Waals surface area contributed by atoms with E-state index in [1.165, 1.54) is 20.3 Å². The Kier molecular flexibility index (Phi) is 4.39. The van der Waals surface area contributed by atoms with Crippen LogP contribution in [0, 0.1) is 5.92 Å². The van der Waals surface area contributed by atoms with E-state index in [9.17, 15) is 9.90 Å². The van der Waals surface area contributed by atoms with Gasteiger partial charge in [0, 0.05) is 0 Å². The molecule has 0 bridgehead atoms. The number of ether oxygens (including phenoxy) is 2. The molecule has 1 aromatic heterocycles. The third-order valence-electron chi connectivity index (χ3n) is 2.60. The van der Waals surface area contributed by atoms with Crippen molar-refractivity contribution in [2.75, 3.05) is 14.2 Å². The molecule has 1 aromatic rings. The van der Waals surface area contributed by atoms with Gasteiger partial charge in [0.1, 0.15) is 0 Å². The lowest BCUT2D eigenvalue weighted by molar-refractivity contribution is -0.141. The molecule has 0 saturated heterocycles. The first kappa shape index (κ1) is 14.6. The molecule has 0 aliphatic carbocycles. The molecule has 0 aliphatic rings. The highest BCUT2D eigenvalue weighted by atomic mass is 32.1. The van der Waals surface area contributed by atoms with Gasteiger partial charge in [-0.25, -0.2) is 0 Å². The summed E-state index contributed by atoms with van der Waals surface area (Å²) in [5.74, 6) is -0.912. The maximum absolute atomic E-state index is 11.4. The lowest BCUT2D eigenvalue weighted by atomic mass is 9.94. The second kappa shape index (κ2) is 5.43. The highest BCUT2D eigenvalue weighted by molar-refractivity contribution is 7.82. The highest BCUT2D eigenvalue weighted by Crippen LogP contribution is 2.36. The smallest absolute Gasteiger partial charge is 0.327 e. The Balaban J connectivity index is 3.41. The predicted octanol–water partition coefficient (Wildman–Crippen LogP) is 1.36. The van der Waals surface area contributed by atoms with Crippen molar-refractivity contribution in [2.24, 2.45) is 5.92 Å². The molecular formula is C11H16N2O4S. The first-order chi connectivity index (χ1) is 8.36. The van der Waals surface area contributed by atoms with E-state index in [1.807, 2.05) is 0 Å². The van der Waals surface area contributed by atoms with Crippen LogP contribution in [-0.2, 0) is 9.54 Å². The Bertz CT molecular complexity index is 430. The summed E-state index contributed by atoms with van der Waals surface area (Å²) in [6.45, 7) is 3.47. The summed E-state index contributed by atoms with van der Waals surface area (Å²) < 4.78 is 8.49. The molecule has 1 N–H and O–H groups in total. The van der Waals surface area contributed by atoms with Crippen LogP contribution in [0.2, 0.25) is 0 Å². The highest BCUT2D eigenvalue weighted by Gasteiger charge is 2.43. The van der Waals surface area contributed by atoms with Crippen molar-refractivity contribution in [3.05, 3.63) is 11.9 Å². The molecule has 0 aliphatic heterocycles. The SMILES string of the molecule is COc1cc(OC)nc(C(S)(C(=O)O)C(C)C)n1. The quantitative estimate of drug-likeness (QED) is 0.788. The Morgan fingerprint density at radius 3 is 2.06 bits per heavy atom. The third-order valence-corrected chi connectivity index (χ3v) is 3.51. The van der Waals surface area contributed by atoms with Crippen molar-refractivity contribution < 1.29 is 19.4 Å². The summed E-state index contributed by atoms with van der Waals surface area (Å²) >= 11 is 4.23. The van der Waals surface area contributed by atoms with Gasteiger partial charge in [0.15, 0.2) is 10.6 Å². The Hall–Kier alpha value is -1.50. The van der Waals surface area contributed by atoms with Crippen LogP contribution in [0.1, 0.15) is 19.7 Å². The van der Waals surface area contributed by atoms with Gasteiger partial charge in [-0.3, -0.25) is 4.79 Å². The molecule has 1 atom stereocenters. The number of methoxy groups -OCH3 is 2. The Morgan fingerprint density at radius 2 is 1.78 bits per heavy atom. The number of carboxylic acid groups (broad SMARTS) is 1. The zero-order chi connectivity index (χ0) is 13.9. The molecular weight excluding hydrogens is 256 g/mol. The normalized spacial score (nSPS) is 14.1. The maximum Gasteiger partial charge on any atom is 0.327 e. The number of carboxylic acids is 1. The molecule has 18 heavy (non-hydrogen) atoms. The molecule has 7 heteroatoms. The van der Waals surface area contributed by atoms with Gasteiger partial charge < -0.3 is 14.6 Å². The fourth-order valence-electron chi connectivity index (χ4n) is 1.38. The van der Waals surface area contributed by atoms with E-state index in [0.717, 1.165) is 0 Å². The number of rotatable bonds is 5. The first-order valence-corrected chi connectivity index (χ1v) is 5.74. The van der Waals surface area contributed by atoms with Crippen LogP contribution < -0.4 is 9.47 Å². The molecule has 6 nitrogen and oxygen atoms in total. The van der Waals surface area contributed by atoms with Crippen molar-refractivity contribution in [3.8, 4) is 11.8 Å².